The lowest BCUT2D eigenvalue weighted by Crippen LogP contribution is -2.45. The fourth-order valence-electron chi connectivity index (χ4n) is 3.28. The molecule has 0 fully saturated rings. The average molecular weight is 485 g/mol. The molecule has 0 aliphatic rings. The van der Waals surface area contributed by atoms with Crippen LogP contribution in [0, 0.1) is 6.57 Å². The number of hydrogen-bond acceptors (Lipinski definition) is 4. The highest BCUT2D eigenvalue weighted by Gasteiger charge is 2.22. The number of carbonyl (C=O) groups excluding carboxylic acids is 3. The van der Waals surface area contributed by atoms with Crippen LogP contribution in [0.3, 0.4) is 0 Å². The standard InChI is InChI=1S/C28H28N4O4/c1-28(2,3)36-27(35)31-23-16-14-22(15-17-23)30-26(34)24(18-19-8-6-5-7-9-19)32-25(33)20-10-12-21(29-4)13-11-20/h5-17,24H,18H2,1-3H3,(H,30,34)(H,31,35)(H,32,33)/t24-/m0/s1. The lowest BCUT2D eigenvalue weighted by atomic mass is 10.0. The van der Waals surface area contributed by atoms with Crippen molar-refractivity contribution < 1.29 is 19.1 Å². The highest BCUT2D eigenvalue weighted by molar-refractivity contribution is 6.01. The Hall–Kier alpha value is -4.64. The lowest BCUT2D eigenvalue weighted by Gasteiger charge is -2.20. The summed E-state index contributed by atoms with van der Waals surface area (Å²) in [5, 5.41) is 8.25. The molecule has 0 bridgehead atoms. The number of nitrogens with zero attached hydrogens (tertiary/aromatic N) is 1. The van der Waals surface area contributed by atoms with Crippen molar-refractivity contribution in [3.05, 3.63) is 101 Å². The molecule has 0 aromatic heterocycles. The molecule has 0 aliphatic heterocycles. The van der Waals surface area contributed by atoms with E-state index in [1.807, 2.05) is 30.3 Å². The normalized spacial score (nSPS) is 11.5. The van der Waals surface area contributed by atoms with Gasteiger partial charge in [0.25, 0.3) is 5.91 Å². The summed E-state index contributed by atoms with van der Waals surface area (Å²) in [7, 11) is 0. The Morgan fingerprint density at radius 3 is 2.00 bits per heavy atom. The molecule has 3 amide bonds. The van der Waals surface area contributed by atoms with Crippen molar-refractivity contribution in [2.45, 2.75) is 38.8 Å². The molecule has 0 saturated heterocycles. The summed E-state index contributed by atoms with van der Waals surface area (Å²) in [5.74, 6) is -0.808. The van der Waals surface area contributed by atoms with E-state index in [1.54, 1.807) is 69.3 Å². The van der Waals surface area contributed by atoms with E-state index in [1.165, 1.54) is 0 Å². The molecule has 3 rings (SSSR count). The lowest BCUT2D eigenvalue weighted by molar-refractivity contribution is -0.118. The van der Waals surface area contributed by atoms with Gasteiger partial charge in [0.2, 0.25) is 5.91 Å². The molecule has 8 nitrogen and oxygen atoms in total. The Balaban J connectivity index is 1.70. The zero-order valence-electron chi connectivity index (χ0n) is 20.4. The van der Waals surface area contributed by atoms with Crippen LogP contribution in [0.1, 0.15) is 36.7 Å². The van der Waals surface area contributed by atoms with Crippen molar-refractivity contribution in [2.24, 2.45) is 0 Å². The molecule has 1 atom stereocenters. The number of rotatable bonds is 7. The Bertz CT molecular complexity index is 1240. The zero-order chi connectivity index (χ0) is 26.1. The van der Waals surface area contributed by atoms with Gasteiger partial charge in [0, 0.05) is 23.4 Å². The van der Waals surface area contributed by atoms with Crippen LogP contribution in [-0.2, 0) is 16.0 Å². The minimum absolute atomic E-state index is 0.289. The van der Waals surface area contributed by atoms with Gasteiger partial charge in [-0.3, -0.25) is 14.9 Å². The molecule has 3 aromatic rings. The third-order valence-corrected chi connectivity index (χ3v) is 4.96. The van der Waals surface area contributed by atoms with Crippen molar-refractivity contribution in [1.82, 2.24) is 5.32 Å². The Kier molecular flexibility index (Phi) is 8.42. The van der Waals surface area contributed by atoms with E-state index in [9.17, 15) is 14.4 Å². The van der Waals surface area contributed by atoms with E-state index in [2.05, 4.69) is 20.8 Å². The molecule has 0 radical (unpaired) electrons. The molecule has 0 heterocycles. The number of nitrogens with one attached hydrogen (secondary N) is 3. The molecular formula is C28H28N4O4. The minimum atomic E-state index is -0.847. The van der Waals surface area contributed by atoms with Gasteiger partial charge in [-0.2, -0.15) is 0 Å². The van der Waals surface area contributed by atoms with Gasteiger partial charge in [-0.15, -0.1) is 0 Å². The fourth-order valence-corrected chi connectivity index (χ4v) is 3.28. The Labute approximate surface area is 210 Å². The number of carbonyl (C=O) groups is 3. The Morgan fingerprint density at radius 2 is 1.44 bits per heavy atom. The third kappa shape index (κ3) is 7.99. The van der Waals surface area contributed by atoms with Gasteiger partial charge in [0.1, 0.15) is 11.6 Å². The van der Waals surface area contributed by atoms with Gasteiger partial charge >= 0.3 is 6.09 Å². The summed E-state index contributed by atoms with van der Waals surface area (Å²) in [4.78, 5) is 41.3. The van der Waals surface area contributed by atoms with Gasteiger partial charge in [-0.05, 0) is 50.6 Å². The van der Waals surface area contributed by atoms with Crippen LogP contribution in [0.5, 0.6) is 0 Å². The molecule has 36 heavy (non-hydrogen) atoms. The quantitative estimate of drug-likeness (QED) is 0.382. The number of benzene rings is 3. The zero-order valence-corrected chi connectivity index (χ0v) is 20.4. The monoisotopic (exact) mass is 484 g/mol. The van der Waals surface area contributed by atoms with Crippen molar-refractivity contribution in [2.75, 3.05) is 10.6 Å². The molecule has 0 aliphatic carbocycles. The van der Waals surface area contributed by atoms with Crippen LogP contribution < -0.4 is 16.0 Å². The van der Waals surface area contributed by atoms with Gasteiger partial charge in [0.15, 0.2) is 5.69 Å². The van der Waals surface area contributed by atoms with Crippen molar-refractivity contribution in [3.63, 3.8) is 0 Å². The second-order valence-corrected chi connectivity index (χ2v) is 9.07. The molecule has 3 N–H and O–H groups in total. The molecule has 0 unspecified atom stereocenters. The highest BCUT2D eigenvalue weighted by atomic mass is 16.6. The molecule has 8 heteroatoms. The highest BCUT2D eigenvalue weighted by Crippen LogP contribution is 2.17. The summed E-state index contributed by atoms with van der Waals surface area (Å²) < 4.78 is 5.24. The van der Waals surface area contributed by atoms with Crippen molar-refractivity contribution >= 4 is 35.0 Å². The maximum atomic E-state index is 13.1. The number of amides is 3. The predicted octanol–water partition coefficient (Wildman–Crippen LogP) is 5.56. The fraction of sp³-hybridized carbons (Fsp3) is 0.214. The van der Waals surface area contributed by atoms with E-state index in [4.69, 9.17) is 11.3 Å². The topological polar surface area (TPSA) is 101 Å². The van der Waals surface area contributed by atoms with E-state index in [-0.39, 0.29) is 6.42 Å². The van der Waals surface area contributed by atoms with Gasteiger partial charge < -0.3 is 15.4 Å². The molecule has 3 aromatic carbocycles. The number of anilines is 2. The maximum absolute atomic E-state index is 13.1. The first-order valence-corrected chi connectivity index (χ1v) is 11.4. The van der Waals surface area contributed by atoms with Crippen LogP contribution in [0.25, 0.3) is 4.85 Å². The summed E-state index contributed by atoms with van der Waals surface area (Å²) in [5.41, 5.74) is 2.07. The van der Waals surface area contributed by atoms with Crippen LogP contribution in [0.4, 0.5) is 21.9 Å². The van der Waals surface area contributed by atoms with Gasteiger partial charge in [-0.1, -0.05) is 54.6 Å². The number of hydrogen-bond donors (Lipinski definition) is 3. The summed E-state index contributed by atoms with van der Waals surface area (Å²) in [6.45, 7) is 12.4. The average Bonchev–Trinajstić information content (AvgIpc) is 2.84. The predicted molar refractivity (Wildman–Crippen MR) is 139 cm³/mol. The molecule has 0 spiro atoms. The van der Waals surface area contributed by atoms with E-state index < -0.39 is 29.6 Å². The SMILES string of the molecule is [C-]#[N+]c1ccc(C(=O)N[C@@H](Cc2ccccc2)C(=O)Nc2ccc(NC(=O)OC(C)(C)C)cc2)cc1. The molecular weight excluding hydrogens is 456 g/mol. The number of ether oxygens (including phenoxy) is 1. The summed E-state index contributed by atoms with van der Waals surface area (Å²) >= 11 is 0. The molecule has 184 valence electrons. The van der Waals surface area contributed by atoms with E-state index in [0.29, 0.717) is 22.6 Å². The third-order valence-electron chi connectivity index (χ3n) is 4.96. The van der Waals surface area contributed by atoms with E-state index in [0.717, 1.165) is 5.56 Å². The summed E-state index contributed by atoms with van der Waals surface area (Å²) in [6.07, 6.45) is -0.286. The summed E-state index contributed by atoms with van der Waals surface area (Å²) in [6, 6.07) is 21.3. The first-order valence-electron chi connectivity index (χ1n) is 11.4. The first-order chi connectivity index (χ1) is 17.1. The van der Waals surface area contributed by atoms with Crippen LogP contribution in [0.15, 0.2) is 78.9 Å². The van der Waals surface area contributed by atoms with Gasteiger partial charge in [0.05, 0.1) is 6.57 Å². The van der Waals surface area contributed by atoms with Crippen molar-refractivity contribution in [3.8, 4) is 0 Å². The second kappa shape index (κ2) is 11.7. The van der Waals surface area contributed by atoms with Crippen molar-refractivity contribution in [1.29, 1.82) is 0 Å². The van der Waals surface area contributed by atoms with E-state index >= 15 is 0 Å². The smallest absolute Gasteiger partial charge is 0.412 e. The maximum Gasteiger partial charge on any atom is 0.412 e. The van der Waals surface area contributed by atoms with Gasteiger partial charge in [-0.25, -0.2) is 9.64 Å². The van der Waals surface area contributed by atoms with Crippen LogP contribution in [-0.4, -0.2) is 29.6 Å². The second-order valence-electron chi connectivity index (χ2n) is 9.07. The minimum Gasteiger partial charge on any atom is -0.444 e. The van der Waals surface area contributed by atoms with Crippen LogP contribution in [0.2, 0.25) is 0 Å². The Morgan fingerprint density at radius 1 is 0.861 bits per heavy atom. The first kappa shape index (κ1) is 26.0. The van der Waals surface area contributed by atoms with Crippen LogP contribution >= 0.6 is 0 Å². The molecule has 0 saturated carbocycles. The largest absolute Gasteiger partial charge is 0.444 e.